The molecule has 0 amide bonds. The third kappa shape index (κ3) is 4.19. The van der Waals surface area contributed by atoms with E-state index in [9.17, 15) is 9.90 Å². The van der Waals surface area contributed by atoms with E-state index in [0.29, 0.717) is 11.8 Å². The maximum Gasteiger partial charge on any atom is 0.323 e. The van der Waals surface area contributed by atoms with Crippen molar-refractivity contribution in [2.45, 2.75) is 77.3 Å². The maximum atomic E-state index is 11.6. The number of aliphatic carboxylic acids is 1. The Hall–Kier alpha value is -0.610. The van der Waals surface area contributed by atoms with E-state index in [2.05, 4.69) is 10.2 Å². The minimum absolute atomic E-state index is 0.189. The van der Waals surface area contributed by atoms with Crippen LogP contribution in [0.4, 0.5) is 0 Å². The highest BCUT2D eigenvalue weighted by Crippen LogP contribution is 2.46. The van der Waals surface area contributed by atoms with E-state index in [1.807, 2.05) is 20.8 Å². The molecule has 0 aromatic heterocycles. The Morgan fingerprint density at radius 1 is 1.24 bits per heavy atom. The van der Waals surface area contributed by atoms with E-state index in [4.69, 9.17) is 0 Å². The standard InChI is InChI=1S/C17H32N2O2/c1-14(2)18-16(3,15(20)21)8-11-19-12-9-17(10-13-19)6-4-5-7-17/h14,18H,4-13H2,1-3H3,(H,20,21). The van der Waals surface area contributed by atoms with Gasteiger partial charge >= 0.3 is 5.97 Å². The van der Waals surface area contributed by atoms with Crippen molar-refractivity contribution in [3.63, 3.8) is 0 Å². The van der Waals surface area contributed by atoms with Gasteiger partial charge in [-0.2, -0.15) is 0 Å². The number of hydrogen-bond acceptors (Lipinski definition) is 3. The van der Waals surface area contributed by atoms with Crippen LogP contribution in [0.2, 0.25) is 0 Å². The fourth-order valence-corrected chi connectivity index (χ4v) is 4.14. The van der Waals surface area contributed by atoms with Crippen LogP contribution in [0.25, 0.3) is 0 Å². The first-order chi connectivity index (χ1) is 9.85. The van der Waals surface area contributed by atoms with Crippen LogP contribution in [0.15, 0.2) is 0 Å². The van der Waals surface area contributed by atoms with Crippen LogP contribution in [0.3, 0.4) is 0 Å². The first-order valence-electron chi connectivity index (χ1n) is 8.59. The minimum atomic E-state index is -0.809. The van der Waals surface area contributed by atoms with Gasteiger partial charge in [-0.1, -0.05) is 12.8 Å². The quantitative estimate of drug-likeness (QED) is 0.791. The van der Waals surface area contributed by atoms with Crippen LogP contribution in [-0.4, -0.2) is 47.2 Å². The second-order valence-electron chi connectivity index (χ2n) is 7.74. The number of nitrogens with one attached hydrogen (secondary N) is 1. The van der Waals surface area contributed by atoms with Gasteiger partial charge in [0.25, 0.3) is 0 Å². The van der Waals surface area contributed by atoms with Crippen LogP contribution < -0.4 is 5.32 Å². The van der Waals surface area contributed by atoms with Gasteiger partial charge in [-0.15, -0.1) is 0 Å². The number of nitrogens with zero attached hydrogens (tertiary/aromatic N) is 1. The largest absolute Gasteiger partial charge is 0.480 e. The zero-order valence-electron chi connectivity index (χ0n) is 14.0. The molecular weight excluding hydrogens is 264 g/mol. The third-order valence-corrected chi connectivity index (χ3v) is 5.59. The SMILES string of the molecule is CC(C)NC(C)(CCN1CCC2(CCCC2)CC1)C(=O)O. The van der Waals surface area contributed by atoms with Crippen LogP contribution in [0, 0.1) is 5.41 Å². The van der Waals surface area contributed by atoms with Gasteiger partial charge in [0.1, 0.15) is 5.54 Å². The van der Waals surface area contributed by atoms with Crippen molar-refractivity contribution >= 4 is 5.97 Å². The zero-order valence-corrected chi connectivity index (χ0v) is 14.0. The van der Waals surface area contributed by atoms with Crippen LogP contribution in [0.1, 0.15) is 65.7 Å². The van der Waals surface area contributed by atoms with Crippen LogP contribution in [0.5, 0.6) is 0 Å². The first-order valence-corrected chi connectivity index (χ1v) is 8.59. The van der Waals surface area contributed by atoms with Crippen LogP contribution in [-0.2, 0) is 4.79 Å². The lowest BCUT2D eigenvalue weighted by molar-refractivity contribution is -0.145. The predicted octanol–water partition coefficient (Wildman–Crippen LogP) is 2.87. The summed E-state index contributed by atoms with van der Waals surface area (Å²) in [7, 11) is 0. The number of likely N-dealkylation sites (tertiary alicyclic amines) is 1. The Morgan fingerprint density at radius 3 is 2.29 bits per heavy atom. The second kappa shape index (κ2) is 6.66. The lowest BCUT2D eigenvalue weighted by Crippen LogP contribution is -2.54. The first kappa shape index (κ1) is 16.8. The Bertz CT molecular complexity index is 354. The van der Waals surface area contributed by atoms with Crippen molar-refractivity contribution in [3.8, 4) is 0 Å². The lowest BCUT2D eigenvalue weighted by Gasteiger charge is -2.40. The number of hydrogen-bond donors (Lipinski definition) is 2. The van der Waals surface area contributed by atoms with Gasteiger partial charge in [-0.25, -0.2) is 0 Å². The highest BCUT2D eigenvalue weighted by molar-refractivity contribution is 5.78. The summed E-state index contributed by atoms with van der Waals surface area (Å²) in [5.41, 5.74) is -0.167. The molecule has 1 aliphatic heterocycles. The normalized spacial score (nSPS) is 25.3. The molecule has 1 heterocycles. The van der Waals surface area contributed by atoms with Gasteiger partial charge in [0.05, 0.1) is 0 Å². The lowest BCUT2D eigenvalue weighted by atomic mass is 9.77. The van der Waals surface area contributed by atoms with Crippen molar-refractivity contribution < 1.29 is 9.90 Å². The summed E-state index contributed by atoms with van der Waals surface area (Å²) in [6, 6.07) is 0.189. The van der Waals surface area contributed by atoms with Crippen molar-refractivity contribution in [1.82, 2.24) is 10.2 Å². The Balaban J connectivity index is 1.81. The summed E-state index contributed by atoms with van der Waals surface area (Å²) in [5, 5.41) is 12.7. The van der Waals surface area contributed by atoms with E-state index in [1.54, 1.807) is 0 Å². The average molecular weight is 296 g/mol. The van der Waals surface area contributed by atoms with Crippen molar-refractivity contribution in [3.05, 3.63) is 0 Å². The molecule has 0 radical (unpaired) electrons. The number of rotatable bonds is 6. The molecule has 1 unspecified atom stereocenters. The molecule has 2 N–H and O–H groups in total. The molecule has 0 bridgehead atoms. The van der Waals surface area contributed by atoms with E-state index in [0.717, 1.165) is 19.6 Å². The van der Waals surface area contributed by atoms with Crippen molar-refractivity contribution in [1.29, 1.82) is 0 Å². The summed E-state index contributed by atoms with van der Waals surface area (Å²) in [4.78, 5) is 14.0. The van der Waals surface area contributed by atoms with E-state index in [-0.39, 0.29) is 6.04 Å². The molecule has 1 spiro atoms. The zero-order chi connectivity index (χ0) is 15.5. The van der Waals surface area contributed by atoms with Crippen molar-refractivity contribution in [2.75, 3.05) is 19.6 Å². The smallest absolute Gasteiger partial charge is 0.323 e. The number of carboxylic acid groups (broad SMARTS) is 1. The average Bonchev–Trinajstić information content (AvgIpc) is 2.86. The number of piperidine rings is 1. The highest BCUT2D eigenvalue weighted by atomic mass is 16.4. The van der Waals surface area contributed by atoms with Gasteiger partial charge in [-0.05, 0) is 71.4 Å². The fourth-order valence-electron chi connectivity index (χ4n) is 4.14. The maximum absolute atomic E-state index is 11.6. The fraction of sp³-hybridized carbons (Fsp3) is 0.941. The molecule has 122 valence electrons. The molecule has 1 atom stereocenters. The minimum Gasteiger partial charge on any atom is -0.480 e. The van der Waals surface area contributed by atoms with E-state index in [1.165, 1.54) is 38.5 Å². The molecule has 2 rings (SSSR count). The molecule has 0 aromatic rings. The van der Waals surface area contributed by atoms with Gasteiger partial charge in [-0.3, -0.25) is 10.1 Å². The monoisotopic (exact) mass is 296 g/mol. The summed E-state index contributed by atoms with van der Waals surface area (Å²) < 4.78 is 0. The Kier molecular flexibility index (Phi) is 5.31. The molecule has 21 heavy (non-hydrogen) atoms. The second-order valence-corrected chi connectivity index (χ2v) is 7.74. The number of carbonyl (C=O) groups is 1. The van der Waals surface area contributed by atoms with Gasteiger partial charge in [0.15, 0.2) is 0 Å². The molecule has 1 saturated heterocycles. The van der Waals surface area contributed by atoms with Gasteiger partial charge in [0, 0.05) is 12.6 Å². The summed E-state index contributed by atoms with van der Waals surface area (Å²) in [5.74, 6) is -0.736. The predicted molar refractivity (Wildman–Crippen MR) is 85.5 cm³/mol. The molecule has 2 aliphatic rings. The van der Waals surface area contributed by atoms with Gasteiger partial charge < -0.3 is 10.0 Å². The molecule has 4 heteroatoms. The van der Waals surface area contributed by atoms with Crippen molar-refractivity contribution in [2.24, 2.45) is 5.41 Å². The molecular formula is C17H32N2O2. The van der Waals surface area contributed by atoms with Crippen LogP contribution >= 0.6 is 0 Å². The summed E-state index contributed by atoms with van der Waals surface area (Å²) in [6.45, 7) is 9.02. The Morgan fingerprint density at radius 2 is 1.81 bits per heavy atom. The molecule has 2 fully saturated rings. The molecule has 1 aliphatic carbocycles. The van der Waals surface area contributed by atoms with E-state index < -0.39 is 11.5 Å². The highest BCUT2D eigenvalue weighted by Gasteiger charge is 2.38. The summed E-state index contributed by atoms with van der Waals surface area (Å²) in [6.07, 6.45) is 8.96. The molecule has 0 aromatic carbocycles. The molecule has 4 nitrogen and oxygen atoms in total. The Labute approximate surface area is 129 Å². The topological polar surface area (TPSA) is 52.6 Å². The molecule has 1 saturated carbocycles. The van der Waals surface area contributed by atoms with E-state index >= 15 is 0 Å². The third-order valence-electron chi connectivity index (χ3n) is 5.59. The summed E-state index contributed by atoms with van der Waals surface area (Å²) >= 11 is 0. The van der Waals surface area contributed by atoms with Gasteiger partial charge in [0.2, 0.25) is 0 Å². The number of carboxylic acids is 1.